The number of aromatic nitrogens is 2. The van der Waals surface area contributed by atoms with Crippen LogP contribution in [0.25, 0.3) is 11.0 Å². The van der Waals surface area contributed by atoms with Crippen LogP contribution < -0.4 is 11.0 Å². The fourth-order valence-electron chi connectivity index (χ4n) is 6.43. The molecule has 2 aliphatic heterocycles. The first-order valence-corrected chi connectivity index (χ1v) is 15.8. The average Bonchev–Trinajstić information content (AvgIpc) is 3.40. The summed E-state index contributed by atoms with van der Waals surface area (Å²) in [5.41, 5.74) is 4.84. The SMILES string of the molecule is CC(=O)O[C@@H](C)C(=O)Nc1cccc([C@@H]2O[C@H](CN3CCC(n4c(=O)[nH]c5ccccc54)CC3)C[C@H](c3ccc(CO)cc3)O2)c1. The van der Waals surface area contributed by atoms with Gasteiger partial charge in [-0.1, -0.05) is 48.5 Å². The number of piperidine rings is 1. The Kier molecular flexibility index (Phi) is 9.64. The Morgan fingerprint density at radius 3 is 2.52 bits per heavy atom. The van der Waals surface area contributed by atoms with E-state index in [2.05, 4.69) is 15.2 Å². The lowest BCUT2D eigenvalue weighted by atomic mass is 9.98. The number of hydrogen-bond acceptors (Lipinski definition) is 8. The molecule has 3 aromatic carbocycles. The smallest absolute Gasteiger partial charge is 0.326 e. The molecule has 1 aromatic heterocycles. The zero-order valence-corrected chi connectivity index (χ0v) is 26.1. The molecule has 0 radical (unpaired) electrons. The lowest BCUT2D eigenvalue weighted by molar-refractivity contribution is -0.253. The lowest BCUT2D eigenvalue weighted by Gasteiger charge is -2.40. The number of amides is 1. The topological polar surface area (TPSA) is 135 Å². The van der Waals surface area contributed by atoms with Gasteiger partial charge in [0.15, 0.2) is 12.4 Å². The Morgan fingerprint density at radius 2 is 1.78 bits per heavy atom. The van der Waals surface area contributed by atoms with Gasteiger partial charge in [0, 0.05) is 50.3 Å². The fraction of sp³-hybridized carbons (Fsp3) is 0.400. The van der Waals surface area contributed by atoms with Crippen molar-refractivity contribution < 1.29 is 28.9 Å². The zero-order chi connectivity index (χ0) is 32.2. The molecule has 0 bridgehead atoms. The number of nitrogens with one attached hydrogen (secondary N) is 2. The Labute approximate surface area is 267 Å². The normalized spacial score (nSPS) is 21.6. The minimum atomic E-state index is -0.933. The van der Waals surface area contributed by atoms with Crippen LogP contribution in [0.3, 0.4) is 0 Å². The Bertz CT molecular complexity index is 1720. The molecule has 46 heavy (non-hydrogen) atoms. The van der Waals surface area contributed by atoms with E-state index in [0.717, 1.165) is 53.7 Å². The van der Waals surface area contributed by atoms with Crippen molar-refractivity contribution >= 4 is 28.6 Å². The number of carbonyl (C=O) groups is 2. The van der Waals surface area contributed by atoms with Crippen LogP contribution >= 0.6 is 0 Å². The summed E-state index contributed by atoms with van der Waals surface area (Å²) in [7, 11) is 0. The predicted octanol–water partition coefficient (Wildman–Crippen LogP) is 4.59. The van der Waals surface area contributed by atoms with Crippen molar-refractivity contribution in [3.05, 3.63) is 100.0 Å². The van der Waals surface area contributed by atoms with Crippen molar-refractivity contribution in [2.45, 2.75) is 70.4 Å². The Hall–Kier alpha value is -4.29. The standard InChI is InChI=1S/C35H40N4O7/c1-22(44-23(2)41)33(42)36-27-7-5-6-26(18-27)34-45-29(19-32(46-34)25-12-10-24(21-40)11-13-25)20-38-16-14-28(15-17-38)39-31-9-4-3-8-30(31)37-35(39)43/h3-13,18,22,28-29,32,34,40H,14-17,19-21H2,1-2H3,(H,36,42)(H,37,43)/t22-,29-,32+,34+/m0/s1. The van der Waals surface area contributed by atoms with Crippen molar-refractivity contribution in [1.29, 1.82) is 0 Å². The molecule has 0 spiro atoms. The van der Waals surface area contributed by atoms with Crippen LogP contribution in [0, 0.1) is 0 Å². The molecule has 0 unspecified atom stereocenters. The first-order valence-electron chi connectivity index (χ1n) is 15.8. The highest BCUT2D eigenvalue weighted by atomic mass is 16.7. The number of para-hydroxylation sites is 2. The molecule has 4 aromatic rings. The van der Waals surface area contributed by atoms with E-state index in [0.29, 0.717) is 18.7 Å². The second-order valence-corrected chi connectivity index (χ2v) is 12.1. The third-order valence-electron chi connectivity index (χ3n) is 8.76. The van der Waals surface area contributed by atoms with Crippen LogP contribution in [0.4, 0.5) is 5.69 Å². The quantitative estimate of drug-likeness (QED) is 0.229. The number of aliphatic hydroxyl groups excluding tert-OH is 1. The van der Waals surface area contributed by atoms with Gasteiger partial charge in [-0.3, -0.25) is 14.2 Å². The third kappa shape index (κ3) is 7.23. The molecule has 0 aliphatic carbocycles. The molecule has 2 aliphatic rings. The summed E-state index contributed by atoms with van der Waals surface area (Å²) in [5.74, 6) is -0.962. The number of aliphatic hydroxyl groups is 1. The van der Waals surface area contributed by atoms with Crippen molar-refractivity contribution in [2.75, 3.05) is 25.0 Å². The highest BCUT2D eigenvalue weighted by molar-refractivity contribution is 5.95. The molecule has 2 fully saturated rings. The summed E-state index contributed by atoms with van der Waals surface area (Å²) >= 11 is 0. The summed E-state index contributed by atoms with van der Waals surface area (Å²) in [4.78, 5) is 42.0. The number of hydrogen-bond donors (Lipinski definition) is 3. The van der Waals surface area contributed by atoms with E-state index in [-0.39, 0.29) is 30.5 Å². The number of H-pyrrole nitrogens is 1. The number of fused-ring (bicyclic) bond motifs is 1. The molecule has 11 heteroatoms. The molecule has 242 valence electrons. The number of anilines is 1. The van der Waals surface area contributed by atoms with Crippen LogP contribution in [0.5, 0.6) is 0 Å². The van der Waals surface area contributed by atoms with Gasteiger partial charge in [-0.25, -0.2) is 4.79 Å². The largest absolute Gasteiger partial charge is 0.453 e. The van der Waals surface area contributed by atoms with E-state index in [9.17, 15) is 19.5 Å². The van der Waals surface area contributed by atoms with Gasteiger partial charge in [0.05, 0.1) is 29.8 Å². The van der Waals surface area contributed by atoms with E-state index in [1.807, 2.05) is 71.3 Å². The molecular weight excluding hydrogens is 588 g/mol. The molecule has 3 N–H and O–H groups in total. The second kappa shape index (κ2) is 14.0. The first kappa shape index (κ1) is 31.7. The fourth-order valence-corrected chi connectivity index (χ4v) is 6.43. The van der Waals surface area contributed by atoms with Crippen LogP contribution in [0.15, 0.2) is 77.6 Å². The maximum atomic E-state index is 12.8. The number of esters is 1. The zero-order valence-electron chi connectivity index (χ0n) is 26.1. The van der Waals surface area contributed by atoms with E-state index in [4.69, 9.17) is 14.2 Å². The maximum Gasteiger partial charge on any atom is 0.326 e. The van der Waals surface area contributed by atoms with Gasteiger partial charge in [0.1, 0.15) is 0 Å². The molecule has 2 saturated heterocycles. The summed E-state index contributed by atoms with van der Waals surface area (Å²) in [6.45, 7) is 5.12. The molecule has 4 atom stereocenters. The van der Waals surface area contributed by atoms with E-state index < -0.39 is 24.3 Å². The number of nitrogens with zero attached hydrogens (tertiary/aromatic N) is 2. The molecule has 3 heterocycles. The Morgan fingerprint density at radius 1 is 1.02 bits per heavy atom. The van der Waals surface area contributed by atoms with Gasteiger partial charge in [-0.2, -0.15) is 0 Å². The van der Waals surface area contributed by atoms with Crippen molar-refractivity contribution in [3.8, 4) is 0 Å². The minimum Gasteiger partial charge on any atom is -0.453 e. The van der Waals surface area contributed by atoms with Crippen LogP contribution in [-0.4, -0.2) is 63.3 Å². The van der Waals surface area contributed by atoms with Crippen LogP contribution in [0.1, 0.15) is 68.2 Å². The van der Waals surface area contributed by atoms with E-state index in [1.54, 1.807) is 6.07 Å². The Balaban J connectivity index is 1.16. The molecule has 11 nitrogen and oxygen atoms in total. The van der Waals surface area contributed by atoms with Crippen molar-refractivity contribution in [3.63, 3.8) is 0 Å². The van der Waals surface area contributed by atoms with Gasteiger partial charge in [-0.15, -0.1) is 0 Å². The predicted molar refractivity (Wildman–Crippen MR) is 172 cm³/mol. The van der Waals surface area contributed by atoms with E-state index in [1.165, 1.54) is 13.8 Å². The van der Waals surface area contributed by atoms with Crippen molar-refractivity contribution in [1.82, 2.24) is 14.5 Å². The second-order valence-electron chi connectivity index (χ2n) is 12.1. The van der Waals surface area contributed by atoms with Crippen LogP contribution in [0.2, 0.25) is 0 Å². The maximum absolute atomic E-state index is 12.8. The number of carbonyl (C=O) groups excluding carboxylic acids is 2. The van der Waals surface area contributed by atoms with Gasteiger partial charge in [0.2, 0.25) is 0 Å². The van der Waals surface area contributed by atoms with Gasteiger partial charge >= 0.3 is 11.7 Å². The number of ether oxygens (including phenoxy) is 3. The molecular formula is C35H40N4O7. The monoisotopic (exact) mass is 628 g/mol. The van der Waals surface area contributed by atoms with Gasteiger partial charge < -0.3 is 34.5 Å². The van der Waals surface area contributed by atoms with Crippen molar-refractivity contribution in [2.24, 2.45) is 0 Å². The van der Waals surface area contributed by atoms with Gasteiger partial charge in [0.25, 0.3) is 5.91 Å². The molecule has 6 rings (SSSR count). The third-order valence-corrected chi connectivity index (χ3v) is 8.76. The minimum absolute atomic E-state index is 0.0324. The summed E-state index contributed by atoms with van der Waals surface area (Å²) in [6.07, 6.45) is 0.343. The number of likely N-dealkylation sites (tertiary alicyclic amines) is 1. The first-order chi connectivity index (χ1) is 22.3. The summed E-state index contributed by atoms with van der Waals surface area (Å²) in [5, 5.41) is 12.3. The van der Waals surface area contributed by atoms with Gasteiger partial charge in [-0.05, 0) is 55.2 Å². The van der Waals surface area contributed by atoms with E-state index >= 15 is 0 Å². The highest BCUT2D eigenvalue weighted by Crippen LogP contribution is 2.39. The number of benzene rings is 3. The number of aromatic amines is 1. The average molecular weight is 629 g/mol. The lowest BCUT2D eigenvalue weighted by Crippen LogP contribution is -2.43. The van der Waals surface area contributed by atoms with Crippen LogP contribution in [-0.2, 0) is 30.4 Å². The summed E-state index contributed by atoms with van der Waals surface area (Å²) in [6, 6.07) is 23.0. The summed E-state index contributed by atoms with van der Waals surface area (Å²) < 4.78 is 20.0. The molecule has 1 amide bonds. The highest BCUT2D eigenvalue weighted by Gasteiger charge is 2.34. The number of imidazole rings is 1. The molecule has 0 saturated carbocycles. The number of rotatable bonds is 9.